The van der Waals surface area contributed by atoms with E-state index in [1.165, 1.54) is 5.56 Å². The van der Waals surface area contributed by atoms with Crippen LogP contribution in [0.1, 0.15) is 49.3 Å². The van der Waals surface area contributed by atoms with Crippen molar-refractivity contribution in [3.63, 3.8) is 0 Å². The average molecular weight is 347 g/mol. The van der Waals surface area contributed by atoms with Gasteiger partial charge >= 0.3 is 0 Å². The fourth-order valence-electron chi connectivity index (χ4n) is 3.60. The molecule has 6 heteroatoms. The number of ether oxygens (including phenoxy) is 1. The Morgan fingerprint density at radius 2 is 2.13 bits per heavy atom. The van der Waals surface area contributed by atoms with Crippen LogP contribution in [-0.2, 0) is 0 Å². The van der Waals surface area contributed by atoms with Gasteiger partial charge in [-0.2, -0.15) is 0 Å². The fraction of sp³-hybridized carbons (Fsp3) is 0.647. The van der Waals surface area contributed by atoms with Crippen molar-refractivity contribution in [3.05, 3.63) is 29.3 Å². The van der Waals surface area contributed by atoms with Crippen LogP contribution in [0.4, 0.5) is 8.78 Å². The van der Waals surface area contributed by atoms with E-state index < -0.39 is 13.0 Å². The lowest BCUT2D eigenvalue weighted by atomic mass is 9.75. The molecule has 0 amide bonds. The molecule has 3 nitrogen and oxygen atoms in total. The lowest BCUT2D eigenvalue weighted by Crippen LogP contribution is -2.42. The van der Waals surface area contributed by atoms with Crippen LogP contribution in [0.25, 0.3) is 0 Å². The van der Waals surface area contributed by atoms with E-state index in [9.17, 15) is 8.78 Å². The molecule has 0 radical (unpaired) electrons. The molecule has 1 aliphatic carbocycles. The highest BCUT2D eigenvalue weighted by Crippen LogP contribution is 2.42. The van der Waals surface area contributed by atoms with Crippen molar-refractivity contribution >= 4 is 12.4 Å². The normalized spacial score (nSPS) is 28.8. The van der Waals surface area contributed by atoms with Crippen molar-refractivity contribution in [3.8, 4) is 5.75 Å². The Morgan fingerprint density at radius 1 is 1.39 bits per heavy atom. The second kappa shape index (κ2) is 7.77. The number of likely N-dealkylation sites (tertiary alicyclic amines) is 1. The standard InChI is InChI=1S/C17H24F2N2O.ClH/c1-11(20)16-3-2-12(8-17(16)22-10-18)13-6-15(7-13)21-5-4-14(19)9-21;/h2-3,8,11,13-15H,4-7,9-10,20H2,1H3;1H/t11-,13?,14+,15?;/m0./s1. The van der Waals surface area contributed by atoms with Gasteiger partial charge in [0, 0.05) is 30.7 Å². The summed E-state index contributed by atoms with van der Waals surface area (Å²) >= 11 is 0. The van der Waals surface area contributed by atoms with Crippen LogP contribution in [0.15, 0.2) is 18.2 Å². The van der Waals surface area contributed by atoms with E-state index in [4.69, 9.17) is 10.5 Å². The Labute approximate surface area is 142 Å². The third-order valence-corrected chi connectivity index (χ3v) is 5.00. The van der Waals surface area contributed by atoms with E-state index in [1.807, 2.05) is 19.1 Å². The summed E-state index contributed by atoms with van der Waals surface area (Å²) in [6.07, 6.45) is 2.09. The topological polar surface area (TPSA) is 38.5 Å². The Balaban J connectivity index is 0.00000192. The van der Waals surface area contributed by atoms with Crippen molar-refractivity contribution in [2.75, 3.05) is 20.0 Å². The van der Waals surface area contributed by atoms with Gasteiger partial charge in [-0.15, -0.1) is 12.4 Å². The molecule has 1 heterocycles. The molecule has 2 fully saturated rings. The van der Waals surface area contributed by atoms with Crippen molar-refractivity contribution in [1.82, 2.24) is 4.90 Å². The van der Waals surface area contributed by atoms with Crippen molar-refractivity contribution in [2.45, 2.75) is 50.4 Å². The summed E-state index contributed by atoms with van der Waals surface area (Å²) in [5.41, 5.74) is 7.89. The molecule has 1 aromatic rings. The van der Waals surface area contributed by atoms with Gasteiger partial charge in [-0.3, -0.25) is 4.90 Å². The summed E-state index contributed by atoms with van der Waals surface area (Å²) in [6.45, 7) is 2.47. The summed E-state index contributed by atoms with van der Waals surface area (Å²) in [5.74, 6) is 0.996. The average Bonchev–Trinajstić information content (AvgIpc) is 2.84. The Morgan fingerprint density at radius 3 is 2.70 bits per heavy atom. The molecule has 2 aliphatic rings. The number of alkyl halides is 2. The minimum atomic E-state index is -0.845. The van der Waals surface area contributed by atoms with Crippen LogP contribution in [0, 0.1) is 0 Å². The minimum Gasteiger partial charge on any atom is -0.463 e. The molecule has 0 unspecified atom stereocenters. The number of hydrogen-bond donors (Lipinski definition) is 1. The maximum Gasteiger partial charge on any atom is 0.228 e. The smallest absolute Gasteiger partial charge is 0.228 e. The predicted octanol–water partition coefficient (Wildman–Crippen LogP) is 3.72. The molecular weight excluding hydrogens is 322 g/mol. The Bertz CT molecular complexity index is 523. The molecule has 0 aromatic heterocycles. The third-order valence-electron chi connectivity index (χ3n) is 5.00. The highest BCUT2D eigenvalue weighted by Gasteiger charge is 2.37. The van der Waals surface area contributed by atoms with Gasteiger partial charge in [0.15, 0.2) is 0 Å². The van der Waals surface area contributed by atoms with E-state index in [2.05, 4.69) is 11.0 Å². The zero-order valence-corrected chi connectivity index (χ0v) is 14.2. The third kappa shape index (κ3) is 3.95. The maximum atomic E-state index is 13.3. The Kier molecular flexibility index (Phi) is 6.23. The zero-order valence-electron chi connectivity index (χ0n) is 13.4. The molecule has 1 aromatic carbocycles. The Hall–Kier alpha value is -0.910. The first-order valence-corrected chi connectivity index (χ1v) is 8.04. The molecule has 2 N–H and O–H groups in total. The van der Waals surface area contributed by atoms with Gasteiger partial charge in [0.2, 0.25) is 6.86 Å². The van der Waals surface area contributed by atoms with Crippen LogP contribution >= 0.6 is 12.4 Å². The van der Waals surface area contributed by atoms with E-state index in [1.54, 1.807) is 0 Å². The SMILES string of the molecule is C[C@H](N)c1ccc(C2CC(N3CC[C@@H](F)C3)C2)cc1OCF.Cl. The molecule has 0 bridgehead atoms. The van der Waals surface area contributed by atoms with Crippen LogP contribution in [0.3, 0.4) is 0 Å². The van der Waals surface area contributed by atoms with Gasteiger partial charge in [-0.1, -0.05) is 12.1 Å². The number of nitrogens with zero attached hydrogens (tertiary/aromatic N) is 1. The zero-order chi connectivity index (χ0) is 15.7. The number of hydrogen-bond acceptors (Lipinski definition) is 3. The van der Waals surface area contributed by atoms with Gasteiger partial charge in [-0.25, -0.2) is 8.78 Å². The molecule has 130 valence electrons. The van der Waals surface area contributed by atoms with Crippen LogP contribution in [0.5, 0.6) is 5.75 Å². The van der Waals surface area contributed by atoms with E-state index in [-0.39, 0.29) is 18.4 Å². The van der Waals surface area contributed by atoms with E-state index in [0.29, 0.717) is 30.7 Å². The molecule has 0 spiro atoms. The number of halogens is 3. The van der Waals surface area contributed by atoms with Gasteiger partial charge in [0.25, 0.3) is 0 Å². The number of rotatable bonds is 5. The van der Waals surface area contributed by atoms with Gasteiger partial charge < -0.3 is 10.5 Å². The predicted molar refractivity (Wildman–Crippen MR) is 89.7 cm³/mol. The number of benzene rings is 1. The molecular formula is C17H25ClF2N2O. The summed E-state index contributed by atoms with van der Waals surface area (Å²) in [4.78, 5) is 2.26. The van der Waals surface area contributed by atoms with Crippen molar-refractivity contribution < 1.29 is 13.5 Å². The highest BCUT2D eigenvalue weighted by atomic mass is 35.5. The first-order chi connectivity index (χ1) is 10.6. The minimum absolute atomic E-state index is 0. The highest BCUT2D eigenvalue weighted by molar-refractivity contribution is 5.85. The van der Waals surface area contributed by atoms with Crippen molar-refractivity contribution in [2.24, 2.45) is 5.73 Å². The maximum absolute atomic E-state index is 13.3. The molecule has 1 saturated carbocycles. The fourth-order valence-corrected chi connectivity index (χ4v) is 3.60. The van der Waals surface area contributed by atoms with Crippen molar-refractivity contribution in [1.29, 1.82) is 0 Å². The number of nitrogens with two attached hydrogens (primary N) is 1. The lowest BCUT2D eigenvalue weighted by molar-refractivity contribution is 0.127. The summed E-state index contributed by atoms with van der Waals surface area (Å²) < 4.78 is 30.9. The van der Waals surface area contributed by atoms with E-state index in [0.717, 1.165) is 24.9 Å². The molecule has 3 rings (SSSR count). The summed E-state index contributed by atoms with van der Waals surface area (Å²) in [5, 5.41) is 0. The second-order valence-electron chi connectivity index (χ2n) is 6.54. The summed E-state index contributed by atoms with van der Waals surface area (Å²) in [7, 11) is 0. The molecule has 1 aliphatic heterocycles. The quantitative estimate of drug-likeness (QED) is 0.883. The van der Waals surface area contributed by atoms with Gasteiger partial charge in [-0.05, 0) is 43.7 Å². The summed E-state index contributed by atoms with van der Waals surface area (Å²) in [6, 6.07) is 6.22. The molecule has 1 saturated heterocycles. The van der Waals surface area contributed by atoms with Gasteiger partial charge in [0.05, 0.1) is 0 Å². The molecule has 2 atom stereocenters. The van der Waals surface area contributed by atoms with Crippen LogP contribution in [-0.4, -0.2) is 37.1 Å². The largest absolute Gasteiger partial charge is 0.463 e. The first-order valence-electron chi connectivity index (χ1n) is 8.04. The van der Waals surface area contributed by atoms with Crippen LogP contribution in [0.2, 0.25) is 0 Å². The monoisotopic (exact) mass is 346 g/mol. The van der Waals surface area contributed by atoms with Gasteiger partial charge in [0.1, 0.15) is 11.9 Å². The second-order valence-corrected chi connectivity index (χ2v) is 6.54. The first kappa shape index (κ1) is 18.4. The lowest BCUT2D eigenvalue weighted by Gasteiger charge is -2.41. The van der Waals surface area contributed by atoms with E-state index >= 15 is 0 Å². The molecule has 23 heavy (non-hydrogen) atoms. The van der Waals surface area contributed by atoms with Crippen LogP contribution < -0.4 is 10.5 Å².